The van der Waals surface area contributed by atoms with E-state index >= 15 is 0 Å². The fourth-order valence-electron chi connectivity index (χ4n) is 3.96. The van der Waals surface area contributed by atoms with Crippen LogP contribution >= 0.6 is 0 Å². The van der Waals surface area contributed by atoms with Crippen molar-refractivity contribution >= 4 is 11.8 Å². The van der Waals surface area contributed by atoms with Crippen molar-refractivity contribution in [1.29, 1.82) is 0 Å². The summed E-state index contributed by atoms with van der Waals surface area (Å²) >= 11 is 0. The van der Waals surface area contributed by atoms with Crippen LogP contribution in [0.3, 0.4) is 0 Å². The molecule has 1 heterocycles. The minimum atomic E-state index is -0.0284. The van der Waals surface area contributed by atoms with Crippen LogP contribution in [0.5, 0.6) is 0 Å². The van der Waals surface area contributed by atoms with Gasteiger partial charge in [-0.05, 0) is 36.5 Å². The second-order valence-corrected chi connectivity index (χ2v) is 9.32. The molecule has 0 aliphatic heterocycles. The first-order chi connectivity index (χ1) is 16.0. The topological polar surface area (TPSA) is 53.8 Å². The zero-order chi connectivity index (χ0) is 23.9. The van der Waals surface area contributed by atoms with Gasteiger partial charge in [0.25, 0.3) is 0 Å². The van der Waals surface area contributed by atoms with Gasteiger partial charge in [0.05, 0.1) is 19.4 Å². The molecule has 5 nitrogen and oxygen atoms in total. The Kier molecular flexibility index (Phi) is 12.4. The van der Waals surface area contributed by atoms with E-state index in [0.717, 1.165) is 25.0 Å². The minimum absolute atomic E-state index is 0.0284. The van der Waals surface area contributed by atoms with Crippen molar-refractivity contribution in [3.63, 3.8) is 0 Å². The van der Waals surface area contributed by atoms with Crippen molar-refractivity contribution in [2.45, 2.75) is 78.7 Å². The number of amides is 2. The Bertz CT molecular complexity index is 787. The summed E-state index contributed by atoms with van der Waals surface area (Å²) in [4.78, 5) is 29.9. The maximum atomic E-state index is 13.3. The van der Waals surface area contributed by atoms with Crippen LogP contribution in [0.25, 0.3) is 0 Å². The summed E-state index contributed by atoms with van der Waals surface area (Å²) < 4.78 is 5.50. The number of furan rings is 1. The molecule has 0 atom stereocenters. The zero-order valence-electron chi connectivity index (χ0n) is 20.8. The lowest BCUT2D eigenvalue weighted by molar-refractivity contribution is -0.141. The van der Waals surface area contributed by atoms with Gasteiger partial charge in [-0.3, -0.25) is 9.59 Å². The van der Waals surface area contributed by atoms with E-state index in [0.29, 0.717) is 32.0 Å². The first kappa shape index (κ1) is 26.7. The molecule has 0 saturated heterocycles. The lowest BCUT2D eigenvalue weighted by Gasteiger charge is -2.28. The van der Waals surface area contributed by atoms with E-state index in [4.69, 9.17) is 4.42 Å². The predicted octanol–water partition coefficient (Wildman–Crippen LogP) is 6.09. The van der Waals surface area contributed by atoms with Crippen LogP contribution in [0.1, 0.15) is 77.0 Å². The molecule has 0 bridgehead atoms. The summed E-state index contributed by atoms with van der Waals surface area (Å²) in [5, 5.41) is 0. The molecule has 33 heavy (non-hydrogen) atoms. The summed E-state index contributed by atoms with van der Waals surface area (Å²) in [5.74, 6) is 1.13. The molecule has 1 aromatic heterocycles. The van der Waals surface area contributed by atoms with Crippen LogP contribution in [0.4, 0.5) is 0 Å². The average molecular weight is 455 g/mol. The van der Waals surface area contributed by atoms with Gasteiger partial charge in [0.1, 0.15) is 5.76 Å². The summed E-state index contributed by atoms with van der Waals surface area (Å²) in [5.41, 5.74) is 1.19. The normalized spacial score (nSPS) is 11.0. The number of benzene rings is 1. The smallest absolute Gasteiger partial charge is 0.242 e. The van der Waals surface area contributed by atoms with Crippen LogP contribution in [-0.4, -0.2) is 41.2 Å². The van der Waals surface area contributed by atoms with E-state index < -0.39 is 0 Å². The lowest BCUT2D eigenvalue weighted by Crippen LogP contribution is -2.44. The molecule has 5 heteroatoms. The molecule has 182 valence electrons. The molecule has 0 unspecified atom stereocenters. The third-order valence-electron chi connectivity index (χ3n) is 5.80. The second kappa shape index (κ2) is 15.3. The third-order valence-corrected chi connectivity index (χ3v) is 5.80. The zero-order valence-corrected chi connectivity index (χ0v) is 20.8. The Balaban J connectivity index is 1.97. The highest BCUT2D eigenvalue weighted by atomic mass is 16.3. The number of rotatable bonds is 16. The van der Waals surface area contributed by atoms with Crippen LogP contribution in [0.2, 0.25) is 0 Å². The van der Waals surface area contributed by atoms with Gasteiger partial charge in [-0.2, -0.15) is 0 Å². The molecule has 0 N–H and O–H groups in total. The Labute approximate surface area is 200 Å². The minimum Gasteiger partial charge on any atom is -0.467 e. The van der Waals surface area contributed by atoms with Crippen molar-refractivity contribution in [3.8, 4) is 0 Å². The SMILES string of the molecule is CCCCCCCCC(=O)N(CC(=O)N(CCc1ccccc1)Cc1ccco1)CC(C)C. The summed E-state index contributed by atoms with van der Waals surface area (Å²) in [6, 6.07) is 13.9. The maximum absolute atomic E-state index is 13.3. The number of carbonyl (C=O) groups is 2. The quantitative estimate of drug-likeness (QED) is 0.289. The van der Waals surface area contributed by atoms with Crippen LogP contribution in [-0.2, 0) is 22.6 Å². The standard InChI is InChI=1S/C28H42N2O3/c1-4-5-6-7-8-12-17-27(31)30(21-24(2)3)23-28(32)29(22-26-16-13-20-33-26)19-18-25-14-10-9-11-15-25/h9-11,13-16,20,24H,4-8,12,17-19,21-23H2,1-3H3. The van der Waals surface area contributed by atoms with Gasteiger partial charge in [-0.25, -0.2) is 0 Å². The second-order valence-electron chi connectivity index (χ2n) is 9.32. The third kappa shape index (κ3) is 10.7. The number of hydrogen-bond acceptors (Lipinski definition) is 3. The van der Waals surface area contributed by atoms with Gasteiger partial charge < -0.3 is 14.2 Å². The van der Waals surface area contributed by atoms with E-state index in [1.54, 1.807) is 11.2 Å². The number of nitrogens with zero attached hydrogens (tertiary/aromatic N) is 2. The fraction of sp³-hybridized carbons (Fsp3) is 0.571. The van der Waals surface area contributed by atoms with Gasteiger partial charge in [0.15, 0.2) is 0 Å². The van der Waals surface area contributed by atoms with Crippen molar-refractivity contribution in [2.75, 3.05) is 19.6 Å². The molecule has 0 aliphatic carbocycles. The lowest BCUT2D eigenvalue weighted by atomic mass is 10.1. The molecule has 0 fully saturated rings. The molecule has 0 saturated carbocycles. The predicted molar refractivity (Wildman–Crippen MR) is 134 cm³/mol. The molecular formula is C28H42N2O3. The largest absolute Gasteiger partial charge is 0.467 e. The Morgan fingerprint density at radius 1 is 0.879 bits per heavy atom. The highest BCUT2D eigenvalue weighted by Gasteiger charge is 2.22. The summed E-state index contributed by atoms with van der Waals surface area (Å²) in [7, 11) is 0. The van der Waals surface area contributed by atoms with E-state index in [1.807, 2.05) is 35.2 Å². The summed E-state index contributed by atoms with van der Waals surface area (Å²) in [6.07, 6.45) is 9.80. The fourth-order valence-corrected chi connectivity index (χ4v) is 3.96. The van der Waals surface area contributed by atoms with Crippen LogP contribution in [0.15, 0.2) is 53.1 Å². The van der Waals surface area contributed by atoms with Gasteiger partial charge in [-0.1, -0.05) is 83.2 Å². The first-order valence-electron chi connectivity index (χ1n) is 12.6. The highest BCUT2D eigenvalue weighted by molar-refractivity contribution is 5.84. The number of unbranched alkanes of at least 4 members (excludes halogenated alkanes) is 5. The van der Waals surface area contributed by atoms with E-state index in [1.165, 1.54) is 31.2 Å². The van der Waals surface area contributed by atoms with Crippen molar-refractivity contribution in [2.24, 2.45) is 5.92 Å². The van der Waals surface area contributed by atoms with Crippen molar-refractivity contribution in [1.82, 2.24) is 9.80 Å². The molecular weight excluding hydrogens is 412 g/mol. The molecule has 2 aromatic rings. The Morgan fingerprint density at radius 3 is 2.27 bits per heavy atom. The Morgan fingerprint density at radius 2 is 1.61 bits per heavy atom. The average Bonchev–Trinajstić information content (AvgIpc) is 3.32. The van der Waals surface area contributed by atoms with Crippen LogP contribution in [0, 0.1) is 5.92 Å². The summed E-state index contributed by atoms with van der Waals surface area (Å²) in [6.45, 7) is 8.12. The van der Waals surface area contributed by atoms with E-state index in [-0.39, 0.29) is 18.4 Å². The highest BCUT2D eigenvalue weighted by Crippen LogP contribution is 2.12. The molecule has 1 aromatic carbocycles. The first-order valence-corrected chi connectivity index (χ1v) is 12.6. The van der Waals surface area contributed by atoms with Gasteiger partial charge in [0.2, 0.25) is 11.8 Å². The van der Waals surface area contributed by atoms with Gasteiger partial charge in [-0.15, -0.1) is 0 Å². The monoisotopic (exact) mass is 454 g/mol. The number of hydrogen-bond donors (Lipinski definition) is 0. The van der Waals surface area contributed by atoms with Gasteiger partial charge in [0, 0.05) is 19.5 Å². The molecule has 0 spiro atoms. The van der Waals surface area contributed by atoms with E-state index in [2.05, 4.69) is 32.9 Å². The molecule has 2 amide bonds. The van der Waals surface area contributed by atoms with Crippen molar-refractivity contribution < 1.29 is 14.0 Å². The van der Waals surface area contributed by atoms with Gasteiger partial charge >= 0.3 is 0 Å². The molecule has 2 rings (SSSR count). The number of carbonyl (C=O) groups excluding carboxylic acids is 2. The molecule has 0 aliphatic rings. The maximum Gasteiger partial charge on any atom is 0.242 e. The van der Waals surface area contributed by atoms with Crippen molar-refractivity contribution in [3.05, 3.63) is 60.1 Å². The molecule has 0 radical (unpaired) electrons. The van der Waals surface area contributed by atoms with Crippen LogP contribution < -0.4 is 0 Å². The Hall–Kier alpha value is -2.56. The van der Waals surface area contributed by atoms with E-state index in [9.17, 15) is 9.59 Å².